The van der Waals surface area contributed by atoms with Crippen LogP contribution in [0.15, 0.2) is 63.3 Å². The van der Waals surface area contributed by atoms with Gasteiger partial charge in [-0.15, -0.1) is 0 Å². The minimum Gasteiger partial charge on any atom is -0.387 e. The molecule has 0 saturated carbocycles. The van der Waals surface area contributed by atoms with Crippen LogP contribution in [0.2, 0.25) is 0 Å². The zero-order valence-electron chi connectivity index (χ0n) is 65.5. The van der Waals surface area contributed by atoms with Gasteiger partial charge in [-0.1, -0.05) is 12.2 Å². The number of hydrogen-bond acceptors (Lipinski definition) is 44. The summed E-state index contributed by atoms with van der Waals surface area (Å²) in [6.07, 6.45) is -20.9. The lowest BCUT2D eigenvalue weighted by molar-refractivity contribution is -0.215. The van der Waals surface area contributed by atoms with Crippen molar-refractivity contribution in [2.75, 3.05) is 110 Å². The SMILES string of the molecule is COCCO[C@H]1C(OP(O)(=S)OC[C@H]2O[C@@H](n3cc(C)c(=O)[nH]c3=O)[C@@H](OCCOC)C2O)[C@@H](COP(=O)(S)OC2[C@H](OCCOC)C(n3cnc4c(=O)[nH]c(N)nc43)O[C@@H]2COP(=O)(O)OC2[C@@H]3O[C@@H](C)[C@]2(COP(=O)(O)OC2[C@@H]4O[C@@H](C)[C@]2(C)OC4n2cnc4c(N)ncnc42)OC3n2cnc3c(=O)[nH]c(N)nc32)OC1n1cnc2c(N)ncnc21. The first kappa shape index (κ1) is 88.8. The van der Waals surface area contributed by atoms with E-state index in [0.717, 1.165) is 23.5 Å². The zero-order chi connectivity index (χ0) is 87.3. The van der Waals surface area contributed by atoms with Crippen molar-refractivity contribution in [1.29, 1.82) is 0 Å². The summed E-state index contributed by atoms with van der Waals surface area (Å²) >= 11 is 10.2. The highest BCUT2D eigenvalue weighted by molar-refractivity contribution is 8.44. The number of aliphatic hydroxyl groups excluding tert-OH is 1. The standard InChI is InChI=1S/C63H84N22O32P4S2/c1-25-14-81(61(90)80-51(25)87)54-38(100-11-8-97-5)35(86)28(109-54)15-104-120(95,122)115-37-30(111-55(39(37)101-12-9-98-6)82-21-72-31-45(64)68-19-70-47(31)82)17-105-121(96,123)114-36-29(110-56(40(36)102-13-10-99-7)84-23-74-33-49(84)76-59(66)78-52(33)88)16-103-118(91,92)117-44-42-58(85-24-75-34-50(85)77-60(67)79-53(34)89)113-63(44,27(3)108-42)18-106-119(93,94)116-43-41-57(112-62(43,4)26(2)107-41)83-22-73-32-46(65)69-20-71-48(32)83/h14,19-24,26-30,35-44,54-58,86H,8-13,15-18H2,1-7H3,(H,91,92)(H,93,94)(H,95,122)(H,96,123)(H2,64,68,70)(H2,65,69,71)(H,80,87,90)(H3,66,76,78,88)(H3,67,77,79,89)/t26-,27-,28+,29+,30+,35?,36?,37?,38-,39-,40-,41-,42-,43?,44?,54+,55?,56?,57?,58?,62-,63-,120?,121?/m0/s1. The van der Waals surface area contributed by atoms with Crippen molar-refractivity contribution in [2.45, 2.75) is 162 Å². The lowest BCUT2D eigenvalue weighted by Gasteiger charge is -2.36. The number of aromatic amines is 3. The Labute approximate surface area is 700 Å². The molecule has 54 nitrogen and oxygen atoms in total. The molecule has 7 fully saturated rings. The fourth-order valence-electron chi connectivity index (χ4n) is 15.6. The number of nitrogens with zero attached hydrogens (tertiary/aromatic N) is 15. The number of imidazole rings is 4. The van der Waals surface area contributed by atoms with Crippen LogP contribution in [0.4, 0.5) is 23.5 Å². The van der Waals surface area contributed by atoms with Gasteiger partial charge in [-0.25, -0.2) is 58.4 Å². The molecule has 60 heteroatoms. The zero-order valence-corrected chi connectivity index (χ0v) is 70.8. The van der Waals surface area contributed by atoms with Gasteiger partial charge in [-0.05, 0) is 39.5 Å². The molecule has 9 aromatic heterocycles. The Balaban J connectivity index is 0.689. The van der Waals surface area contributed by atoms with Gasteiger partial charge in [-0.2, -0.15) is 9.97 Å². The third-order valence-corrected chi connectivity index (χ3v) is 26.8. The molecule has 7 aliphatic rings. The highest BCUT2D eigenvalue weighted by atomic mass is 32.7. The number of ether oxygens (including phenoxy) is 13. The van der Waals surface area contributed by atoms with Crippen LogP contribution in [0.25, 0.3) is 44.7 Å². The molecule has 0 aromatic carbocycles. The van der Waals surface area contributed by atoms with Crippen molar-refractivity contribution in [3.05, 3.63) is 91.3 Å². The van der Waals surface area contributed by atoms with Gasteiger partial charge in [0.25, 0.3) is 16.7 Å². The van der Waals surface area contributed by atoms with Gasteiger partial charge < -0.3 is 109 Å². The number of aryl methyl sites for hydroxylation is 1. The predicted molar refractivity (Wildman–Crippen MR) is 419 cm³/mol. The summed E-state index contributed by atoms with van der Waals surface area (Å²) in [6, 6.07) is 0. The number of aliphatic hydroxyl groups is 1. The molecule has 26 atom stereocenters. The Morgan fingerprint density at radius 3 is 1.54 bits per heavy atom. The molecule has 15 N–H and O–H groups in total. The van der Waals surface area contributed by atoms with Gasteiger partial charge in [0.05, 0.1) is 104 Å². The summed E-state index contributed by atoms with van der Waals surface area (Å²) < 4.78 is 180. The average Bonchev–Trinajstić information content (AvgIpc) is 1.54. The first-order valence-corrected chi connectivity index (χ1v) is 45.7. The largest absolute Gasteiger partial charge is 0.472 e. The number of nitrogens with one attached hydrogen (secondary N) is 3. The maximum absolute atomic E-state index is 15.6. The topological polar surface area (TPSA) is 699 Å². The molecule has 13 unspecified atom stereocenters. The van der Waals surface area contributed by atoms with Crippen LogP contribution in [0.5, 0.6) is 0 Å². The Bertz CT molecular complexity index is 5890. The second-order valence-electron chi connectivity index (χ2n) is 29.2. The number of nitrogen functional groups attached to an aromatic ring is 4. The number of phosphoric ester groups is 2. The van der Waals surface area contributed by atoms with Gasteiger partial charge in [0.1, 0.15) is 114 Å². The molecular weight excluding hydrogens is 1760 g/mol. The lowest BCUT2D eigenvalue weighted by atomic mass is 9.94. The highest BCUT2D eigenvalue weighted by Crippen LogP contribution is 2.63. The Kier molecular flexibility index (Phi) is 25.2. The number of hydrogen-bond donors (Lipinski definition) is 12. The molecule has 7 saturated heterocycles. The van der Waals surface area contributed by atoms with E-state index in [2.05, 4.69) is 77.0 Å². The van der Waals surface area contributed by atoms with Crippen LogP contribution >= 0.6 is 41.4 Å². The quantitative estimate of drug-likeness (QED) is 0.0119. The summed E-state index contributed by atoms with van der Waals surface area (Å²) in [6.45, 7) is -8.35. The minimum absolute atomic E-state index is 0.0431. The normalized spacial score (nSPS) is 32.5. The van der Waals surface area contributed by atoms with E-state index in [1.54, 1.807) is 13.8 Å². The molecule has 9 aromatic rings. The fourth-order valence-corrected chi connectivity index (χ4v) is 20.6. The molecule has 16 rings (SSSR count). The van der Waals surface area contributed by atoms with E-state index < -0.39 is 212 Å². The number of aromatic nitrogens is 18. The Morgan fingerprint density at radius 1 is 0.512 bits per heavy atom. The number of thiol groups is 1. The number of H-pyrrole nitrogens is 3. The lowest BCUT2D eigenvalue weighted by Crippen LogP contribution is -2.50. The summed E-state index contributed by atoms with van der Waals surface area (Å²) in [7, 11) is -7.03. The summed E-state index contributed by atoms with van der Waals surface area (Å²) in [5.74, 6) is -0.726. The Morgan fingerprint density at radius 2 is 0.967 bits per heavy atom. The van der Waals surface area contributed by atoms with E-state index >= 15 is 9.13 Å². The maximum atomic E-state index is 15.6. The van der Waals surface area contributed by atoms with Crippen LogP contribution in [-0.2, 0) is 123 Å². The van der Waals surface area contributed by atoms with Crippen LogP contribution in [0, 0.1) is 6.92 Å². The molecule has 0 spiro atoms. The molecule has 670 valence electrons. The van der Waals surface area contributed by atoms with Gasteiger partial charge in [0, 0.05) is 33.1 Å². The fraction of sp³-hybridized carbons (Fsp3) is 0.619. The minimum atomic E-state index is -5.76. The third kappa shape index (κ3) is 17.1. The second-order valence-corrected chi connectivity index (χ2v) is 37.7. The number of fused-ring (bicyclic) bond motifs is 8. The van der Waals surface area contributed by atoms with E-state index in [9.17, 15) is 43.5 Å². The van der Waals surface area contributed by atoms with Crippen LogP contribution in [0.3, 0.4) is 0 Å². The summed E-state index contributed by atoms with van der Waals surface area (Å²) in [4.78, 5) is 138. The summed E-state index contributed by atoms with van der Waals surface area (Å²) in [5, 5.41) is 11.8. The van der Waals surface area contributed by atoms with Crippen molar-refractivity contribution in [3.63, 3.8) is 0 Å². The molecule has 123 heavy (non-hydrogen) atoms. The number of phosphoric acid groups is 2. The van der Waals surface area contributed by atoms with Crippen molar-refractivity contribution in [3.8, 4) is 0 Å². The van der Waals surface area contributed by atoms with E-state index in [1.807, 2.05) is 0 Å². The number of rotatable bonds is 37. The van der Waals surface area contributed by atoms with Gasteiger partial charge in [0.2, 0.25) is 11.9 Å². The van der Waals surface area contributed by atoms with Crippen LogP contribution < -0.4 is 45.3 Å². The first-order valence-electron chi connectivity index (χ1n) is 37.4. The number of nitrogens with two attached hydrogens (primary N) is 4. The van der Waals surface area contributed by atoms with Gasteiger partial charge >= 0.3 is 34.9 Å². The molecule has 16 heterocycles. The number of methoxy groups -OCH3 is 3. The van der Waals surface area contributed by atoms with Crippen molar-refractivity contribution < 1.29 is 131 Å². The van der Waals surface area contributed by atoms with Crippen molar-refractivity contribution in [1.82, 2.24) is 87.6 Å². The molecule has 0 aliphatic carbocycles. The molecular formula is C63H84N22O32P4S2. The first-order chi connectivity index (χ1) is 58.5. The van der Waals surface area contributed by atoms with E-state index in [1.165, 1.54) is 78.6 Å². The molecule has 0 amide bonds. The molecule has 4 bridgehead atoms. The molecule has 0 radical (unpaired) electrons. The smallest absolute Gasteiger partial charge is 0.387 e. The second kappa shape index (κ2) is 34.9. The summed E-state index contributed by atoms with van der Waals surface area (Å²) in [5.41, 5.74) is 17.4. The average molecular weight is 1850 g/mol. The number of anilines is 4. The van der Waals surface area contributed by atoms with E-state index in [0.29, 0.717) is 0 Å². The molecule has 7 aliphatic heterocycles. The van der Waals surface area contributed by atoms with E-state index in [4.69, 9.17) is 133 Å². The van der Waals surface area contributed by atoms with Crippen molar-refractivity contribution in [2.24, 2.45) is 0 Å². The highest BCUT2D eigenvalue weighted by Gasteiger charge is 2.71. The maximum Gasteiger partial charge on any atom is 0.472 e. The van der Waals surface area contributed by atoms with Crippen LogP contribution in [0.1, 0.15) is 57.5 Å². The Hall–Kier alpha value is -7.63. The monoisotopic (exact) mass is 1850 g/mol. The van der Waals surface area contributed by atoms with Gasteiger partial charge in [0.15, 0.2) is 76.4 Å². The third-order valence-electron chi connectivity index (χ3n) is 21.7. The van der Waals surface area contributed by atoms with Gasteiger partial charge in [-0.3, -0.25) is 83.8 Å². The van der Waals surface area contributed by atoms with Crippen molar-refractivity contribution >= 4 is 121 Å². The van der Waals surface area contributed by atoms with Crippen LogP contribution in [-0.4, -0.2) is 298 Å². The van der Waals surface area contributed by atoms with E-state index in [-0.39, 0.29) is 113 Å². The predicted octanol–water partition coefficient (Wildman–Crippen LogP) is -1.54.